The fraction of sp³-hybridized carbons (Fsp3) is 0.700. The highest BCUT2D eigenvalue weighted by Gasteiger charge is 2.31. The van der Waals surface area contributed by atoms with E-state index in [0.717, 1.165) is 19.1 Å². The molecule has 0 N–H and O–H groups in total. The topological polar surface area (TPSA) is 17.1 Å². The van der Waals surface area contributed by atoms with Gasteiger partial charge in [-0.2, -0.15) is 0 Å². The quantitative estimate of drug-likeness (QED) is 0.417. The van der Waals surface area contributed by atoms with Crippen molar-refractivity contribution in [2.24, 2.45) is 11.3 Å². The van der Waals surface area contributed by atoms with E-state index in [1.165, 1.54) is 5.57 Å². The van der Waals surface area contributed by atoms with Crippen molar-refractivity contribution in [3.63, 3.8) is 0 Å². The largest absolute Gasteiger partial charge is 0.303 e. The number of allylic oxidation sites excluding steroid dienone is 2. The van der Waals surface area contributed by atoms with E-state index in [9.17, 15) is 4.79 Å². The third-order valence-electron chi connectivity index (χ3n) is 2.62. The highest BCUT2D eigenvalue weighted by molar-refractivity contribution is 5.56. The highest BCUT2D eigenvalue weighted by Crippen LogP contribution is 2.38. The molecule has 0 aromatic rings. The van der Waals surface area contributed by atoms with Crippen molar-refractivity contribution >= 4 is 6.29 Å². The Labute approximate surface area is 68.5 Å². The van der Waals surface area contributed by atoms with Gasteiger partial charge in [-0.15, -0.1) is 0 Å². The molecule has 11 heavy (non-hydrogen) atoms. The number of rotatable bonds is 1. The Balaban J connectivity index is 2.79. The average molecular weight is 152 g/mol. The lowest BCUT2D eigenvalue weighted by Crippen LogP contribution is -2.28. The molecule has 0 aromatic carbocycles. The number of aldehydes is 1. The summed E-state index contributed by atoms with van der Waals surface area (Å²) in [4.78, 5) is 10.7. The van der Waals surface area contributed by atoms with E-state index in [4.69, 9.17) is 0 Å². The first kappa shape index (κ1) is 8.51. The summed E-state index contributed by atoms with van der Waals surface area (Å²) in [5.41, 5.74) is 1.61. The lowest BCUT2D eigenvalue weighted by molar-refractivity contribution is -0.114. The highest BCUT2D eigenvalue weighted by atomic mass is 16.1. The molecule has 0 saturated heterocycles. The first-order valence-electron chi connectivity index (χ1n) is 4.17. The number of carbonyl (C=O) groups is 1. The minimum absolute atomic E-state index is 0.181. The van der Waals surface area contributed by atoms with Crippen LogP contribution < -0.4 is 0 Å². The van der Waals surface area contributed by atoms with Gasteiger partial charge in [-0.25, -0.2) is 0 Å². The maximum absolute atomic E-state index is 10.7. The number of hydrogen-bond donors (Lipinski definition) is 0. The van der Waals surface area contributed by atoms with Gasteiger partial charge in [0, 0.05) is 5.92 Å². The molecular weight excluding hydrogens is 136 g/mol. The molecule has 1 nitrogen and oxygen atoms in total. The predicted octanol–water partition coefficient (Wildman–Crippen LogP) is 2.57. The third kappa shape index (κ3) is 1.70. The van der Waals surface area contributed by atoms with Gasteiger partial charge in [0.25, 0.3) is 0 Å². The Hall–Kier alpha value is -0.590. The molecule has 0 aromatic heterocycles. The zero-order valence-corrected chi connectivity index (χ0v) is 7.55. The maximum Gasteiger partial charge on any atom is 0.123 e. The molecule has 0 spiro atoms. The van der Waals surface area contributed by atoms with Crippen molar-refractivity contribution in [2.75, 3.05) is 0 Å². The van der Waals surface area contributed by atoms with Gasteiger partial charge in [0.1, 0.15) is 6.29 Å². The van der Waals surface area contributed by atoms with E-state index in [1.54, 1.807) is 0 Å². The summed E-state index contributed by atoms with van der Waals surface area (Å²) < 4.78 is 0. The SMILES string of the molecule is CC1=CCC(C=O)C(C)(C)C1. The number of carbonyl (C=O) groups excluding carboxylic acids is 1. The van der Waals surface area contributed by atoms with Gasteiger partial charge in [-0.05, 0) is 25.2 Å². The molecule has 1 aliphatic carbocycles. The van der Waals surface area contributed by atoms with E-state index in [2.05, 4.69) is 26.8 Å². The minimum Gasteiger partial charge on any atom is -0.303 e. The first-order chi connectivity index (χ1) is 5.06. The Morgan fingerprint density at radius 3 is 2.73 bits per heavy atom. The summed E-state index contributed by atoms with van der Waals surface area (Å²) in [5.74, 6) is 0.228. The summed E-state index contributed by atoms with van der Waals surface area (Å²) in [6, 6.07) is 0. The standard InChI is InChI=1S/C10H16O/c1-8-4-5-9(7-11)10(2,3)6-8/h4,7,9H,5-6H2,1-3H3. The van der Waals surface area contributed by atoms with Crippen LogP contribution in [0, 0.1) is 11.3 Å². The molecule has 0 aliphatic heterocycles. The second-order valence-electron chi connectivity index (χ2n) is 4.19. The van der Waals surface area contributed by atoms with Crippen LogP contribution in [0.1, 0.15) is 33.6 Å². The molecule has 0 bridgehead atoms. The number of hydrogen-bond acceptors (Lipinski definition) is 1. The lowest BCUT2D eigenvalue weighted by Gasteiger charge is -2.34. The van der Waals surface area contributed by atoms with Crippen LogP contribution in [0.15, 0.2) is 11.6 Å². The van der Waals surface area contributed by atoms with E-state index in [1.807, 2.05) is 0 Å². The van der Waals surface area contributed by atoms with E-state index >= 15 is 0 Å². The van der Waals surface area contributed by atoms with Crippen molar-refractivity contribution in [3.05, 3.63) is 11.6 Å². The molecule has 1 aliphatic rings. The van der Waals surface area contributed by atoms with E-state index in [-0.39, 0.29) is 11.3 Å². The first-order valence-corrected chi connectivity index (χ1v) is 4.17. The summed E-state index contributed by atoms with van der Waals surface area (Å²) in [6.45, 7) is 6.48. The van der Waals surface area contributed by atoms with E-state index < -0.39 is 0 Å². The summed E-state index contributed by atoms with van der Waals surface area (Å²) >= 11 is 0. The van der Waals surface area contributed by atoms with Crippen LogP contribution in [0.5, 0.6) is 0 Å². The molecule has 0 heterocycles. The van der Waals surface area contributed by atoms with Gasteiger partial charge in [-0.3, -0.25) is 0 Å². The predicted molar refractivity (Wildman–Crippen MR) is 46.3 cm³/mol. The zero-order valence-electron chi connectivity index (χ0n) is 7.55. The van der Waals surface area contributed by atoms with Crippen LogP contribution in [0.3, 0.4) is 0 Å². The van der Waals surface area contributed by atoms with Crippen molar-refractivity contribution in [2.45, 2.75) is 33.6 Å². The Morgan fingerprint density at radius 1 is 1.64 bits per heavy atom. The van der Waals surface area contributed by atoms with Gasteiger partial charge in [0.05, 0.1) is 0 Å². The van der Waals surface area contributed by atoms with Gasteiger partial charge in [0.2, 0.25) is 0 Å². The maximum atomic E-state index is 10.7. The van der Waals surface area contributed by atoms with Gasteiger partial charge >= 0.3 is 0 Å². The molecule has 1 unspecified atom stereocenters. The molecular formula is C10H16O. The summed E-state index contributed by atoms with van der Waals surface area (Å²) in [7, 11) is 0. The molecule has 0 saturated carbocycles. The van der Waals surface area contributed by atoms with Crippen LogP contribution in [-0.2, 0) is 4.79 Å². The average Bonchev–Trinajstić information content (AvgIpc) is 1.85. The van der Waals surface area contributed by atoms with Crippen molar-refractivity contribution in [3.8, 4) is 0 Å². The smallest absolute Gasteiger partial charge is 0.123 e. The third-order valence-corrected chi connectivity index (χ3v) is 2.62. The normalized spacial score (nSPS) is 29.4. The molecule has 62 valence electrons. The summed E-state index contributed by atoms with van der Waals surface area (Å²) in [5, 5.41) is 0. The second-order valence-corrected chi connectivity index (χ2v) is 4.19. The van der Waals surface area contributed by atoms with Crippen molar-refractivity contribution < 1.29 is 4.79 Å². The van der Waals surface area contributed by atoms with Crippen LogP contribution in [0.2, 0.25) is 0 Å². The second kappa shape index (κ2) is 2.80. The van der Waals surface area contributed by atoms with Gasteiger partial charge in [0.15, 0.2) is 0 Å². The Kier molecular flexibility index (Phi) is 2.17. The zero-order chi connectivity index (χ0) is 8.48. The van der Waals surface area contributed by atoms with Crippen LogP contribution in [-0.4, -0.2) is 6.29 Å². The molecule has 1 atom stereocenters. The molecule has 1 heteroatoms. The Bertz CT molecular complexity index is 189. The molecule has 1 rings (SSSR count). The molecule has 0 fully saturated rings. The monoisotopic (exact) mass is 152 g/mol. The fourth-order valence-electron chi connectivity index (χ4n) is 1.81. The Morgan fingerprint density at radius 2 is 2.27 bits per heavy atom. The van der Waals surface area contributed by atoms with Gasteiger partial charge < -0.3 is 4.79 Å². The van der Waals surface area contributed by atoms with Crippen LogP contribution in [0.4, 0.5) is 0 Å². The van der Waals surface area contributed by atoms with Crippen LogP contribution >= 0.6 is 0 Å². The van der Waals surface area contributed by atoms with Gasteiger partial charge in [-0.1, -0.05) is 25.5 Å². The fourth-order valence-corrected chi connectivity index (χ4v) is 1.81. The molecule has 0 amide bonds. The summed E-state index contributed by atoms with van der Waals surface area (Å²) in [6.07, 6.45) is 5.28. The molecule has 0 radical (unpaired) electrons. The minimum atomic E-state index is 0.181. The van der Waals surface area contributed by atoms with Crippen molar-refractivity contribution in [1.82, 2.24) is 0 Å². The van der Waals surface area contributed by atoms with E-state index in [0.29, 0.717) is 0 Å². The van der Waals surface area contributed by atoms with Crippen LogP contribution in [0.25, 0.3) is 0 Å². The lowest BCUT2D eigenvalue weighted by atomic mass is 9.70. The van der Waals surface area contributed by atoms with Crippen molar-refractivity contribution in [1.29, 1.82) is 0 Å².